The molecule has 0 aliphatic carbocycles. The number of anilines is 1. The van der Waals surface area contributed by atoms with Crippen LogP contribution in [0.15, 0.2) is 24.3 Å². The molecular formula is C17H30N2O. The topological polar surface area (TPSA) is 47.3 Å². The molecule has 3 N–H and O–H groups in total. The highest BCUT2D eigenvalue weighted by molar-refractivity contribution is 5.56. The molecule has 3 heteroatoms. The monoisotopic (exact) mass is 278 g/mol. The highest BCUT2D eigenvalue weighted by atomic mass is 16.5. The van der Waals surface area contributed by atoms with E-state index in [0.29, 0.717) is 0 Å². The van der Waals surface area contributed by atoms with E-state index in [2.05, 4.69) is 25.2 Å². The number of hydrogen-bond donors (Lipinski definition) is 2. The van der Waals surface area contributed by atoms with Gasteiger partial charge in [-0.3, -0.25) is 0 Å². The van der Waals surface area contributed by atoms with Crippen molar-refractivity contribution in [1.82, 2.24) is 0 Å². The van der Waals surface area contributed by atoms with Crippen LogP contribution in [0.2, 0.25) is 0 Å². The van der Waals surface area contributed by atoms with Crippen molar-refractivity contribution in [3.63, 3.8) is 0 Å². The minimum atomic E-state index is 0.211. The van der Waals surface area contributed by atoms with Crippen LogP contribution in [0.5, 0.6) is 5.75 Å². The van der Waals surface area contributed by atoms with Crippen LogP contribution in [0.3, 0.4) is 0 Å². The van der Waals surface area contributed by atoms with Crippen LogP contribution in [0, 0.1) is 0 Å². The van der Waals surface area contributed by atoms with Crippen molar-refractivity contribution in [3.05, 3.63) is 24.3 Å². The Bertz CT molecular complexity index is 355. The first kappa shape index (κ1) is 16.8. The predicted octanol–water partition coefficient (Wildman–Crippen LogP) is 4.19. The van der Waals surface area contributed by atoms with Crippen molar-refractivity contribution in [3.8, 4) is 5.75 Å². The second-order valence-corrected chi connectivity index (χ2v) is 5.33. The van der Waals surface area contributed by atoms with Crippen LogP contribution in [-0.4, -0.2) is 19.2 Å². The summed E-state index contributed by atoms with van der Waals surface area (Å²) >= 11 is 0. The fraction of sp³-hybridized carbons (Fsp3) is 0.647. The lowest BCUT2D eigenvalue weighted by Crippen LogP contribution is -2.29. The van der Waals surface area contributed by atoms with Gasteiger partial charge in [0.2, 0.25) is 0 Å². The molecule has 0 aliphatic rings. The standard InChI is InChI=1S/C17H30N2O/c1-3-5-9-13-20-17-12-8-7-11-16(17)19-14-15(18)10-6-4-2/h7-8,11-12,15,19H,3-6,9-10,13-14,18H2,1-2H3. The molecule has 0 amide bonds. The maximum Gasteiger partial charge on any atom is 0.142 e. The fourth-order valence-corrected chi connectivity index (χ4v) is 2.08. The Hall–Kier alpha value is -1.22. The van der Waals surface area contributed by atoms with E-state index in [1.165, 1.54) is 25.7 Å². The zero-order valence-electron chi connectivity index (χ0n) is 13.0. The second-order valence-electron chi connectivity index (χ2n) is 5.33. The third kappa shape index (κ3) is 6.80. The van der Waals surface area contributed by atoms with Gasteiger partial charge in [-0.1, -0.05) is 51.7 Å². The molecule has 1 rings (SSSR count). The number of hydrogen-bond acceptors (Lipinski definition) is 3. The maximum absolute atomic E-state index is 6.09. The van der Waals surface area contributed by atoms with Gasteiger partial charge in [-0.25, -0.2) is 0 Å². The molecule has 0 fully saturated rings. The molecule has 0 saturated carbocycles. The molecule has 3 nitrogen and oxygen atoms in total. The minimum absolute atomic E-state index is 0.211. The summed E-state index contributed by atoms with van der Waals surface area (Å²) < 4.78 is 5.85. The molecular weight excluding hydrogens is 248 g/mol. The molecule has 1 aromatic rings. The summed E-state index contributed by atoms with van der Waals surface area (Å²) in [6, 6.07) is 8.33. The van der Waals surface area contributed by atoms with E-state index in [-0.39, 0.29) is 6.04 Å². The Labute approximate surface area is 123 Å². The highest BCUT2D eigenvalue weighted by Gasteiger charge is 2.05. The van der Waals surface area contributed by atoms with Gasteiger partial charge >= 0.3 is 0 Å². The van der Waals surface area contributed by atoms with Crippen molar-refractivity contribution >= 4 is 5.69 Å². The van der Waals surface area contributed by atoms with E-state index in [1.54, 1.807) is 0 Å². The number of nitrogens with one attached hydrogen (secondary N) is 1. The van der Waals surface area contributed by atoms with E-state index in [4.69, 9.17) is 10.5 Å². The summed E-state index contributed by atoms with van der Waals surface area (Å²) in [7, 11) is 0. The molecule has 114 valence electrons. The Morgan fingerprint density at radius 1 is 1.10 bits per heavy atom. The van der Waals surface area contributed by atoms with Gasteiger partial charge in [0.1, 0.15) is 5.75 Å². The van der Waals surface area contributed by atoms with E-state index in [1.807, 2.05) is 18.2 Å². The van der Waals surface area contributed by atoms with Crippen molar-refractivity contribution in [1.29, 1.82) is 0 Å². The van der Waals surface area contributed by atoms with Gasteiger partial charge in [-0.2, -0.15) is 0 Å². The number of benzene rings is 1. The van der Waals surface area contributed by atoms with E-state index in [0.717, 1.165) is 37.4 Å². The number of para-hydroxylation sites is 2. The summed E-state index contributed by atoms with van der Waals surface area (Å²) in [4.78, 5) is 0. The van der Waals surface area contributed by atoms with E-state index >= 15 is 0 Å². The largest absolute Gasteiger partial charge is 0.491 e. The Morgan fingerprint density at radius 2 is 1.85 bits per heavy atom. The second kappa shape index (κ2) is 10.6. The van der Waals surface area contributed by atoms with E-state index < -0.39 is 0 Å². The van der Waals surface area contributed by atoms with Gasteiger partial charge in [0.25, 0.3) is 0 Å². The first-order valence-electron chi connectivity index (χ1n) is 7.99. The molecule has 0 bridgehead atoms. The average Bonchev–Trinajstić information content (AvgIpc) is 2.48. The summed E-state index contributed by atoms with van der Waals surface area (Å²) in [5, 5.41) is 3.41. The molecule has 1 aromatic carbocycles. The lowest BCUT2D eigenvalue weighted by Gasteiger charge is -2.16. The number of rotatable bonds is 11. The fourth-order valence-electron chi connectivity index (χ4n) is 2.08. The van der Waals surface area contributed by atoms with Crippen molar-refractivity contribution < 1.29 is 4.74 Å². The highest BCUT2D eigenvalue weighted by Crippen LogP contribution is 2.24. The molecule has 20 heavy (non-hydrogen) atoms. The summed E-state index contributed by atoms with van der Waals surface area (Å²) in [5.41, 5.74) is 7.15. The lowest BCUT2D eigenvalue weighted by atomic mass is 10.1. The van der Waals surface area contributed by atoms with Gasteiger partial charge in [0.05, 0.1) is 12.3 Å². The van der Waals surface area contributed by atoms with Crippen LogP contribution in [0.4, 0.5) is 5.69 Å². The molecule has 1 atom stereocenters. The quantitative estimate of drug-likeness (QED) is 0.597. The SMILES string of the molecule is CCCCCOc1ccccc1NCC(N)CCCC. The zero-order valence-corrected chi connectivity index (χ0v) is 13.0. The molecule has 0 heterocycles. The van der Waals surface area contributed by atoms with Crippen LogP contribution in [0.25, 0.3) is 0 Å². The number of nitrogens with two attached hydrogens (primary N) is 1. The van der Waals surface area contributed by atoms with Crippen LogP contribution >= 0.6 is 0 Å². The molecule has 1 unspecified atom stereocenters. The Kier molecular flexibility index (Phi) is 8.88. The third-order valence-corrected chi connectivity index (χ3v) is 3.38. The first-order valence-corrected chi connectivity index (χ1v) is 7.99. The van der Waals surface area contributed by atoms with Gasteiger partial charge in [-0.15, -0.1) is 0 Å². The van der Waals surface area contributed by atoms with E-state index in [9.17, 15) is 0 Å². The van der Waals surface area contributed by atoms with Crippen molar-refractivity contribution in [2.24, 2.45) is 5.73 Å². The number of unbranched alkanes of at least 4 members (excludes halogenated alkanes) is 3. The maximum atomic E-state index is 6.09. The summed E-state index contributed by atoms with van der Waals surface area (Å²) in [6.07, 6.45) is 7.01. The third-order valence-electron chi connectivity index (χ3n) is 3.38. The predicted molar refractivity (Wildman–Crippen MR) is 87.5 cm³/mol. The molecule has 0 saturated heterocycles. The Balaban J connectivity index is 2.40. The first-order chi connectivity index (χ1) is 9.77. The molecule has 0 aromatic heterocycles. The Morgan fingerprint density at radius 3 is 2.60 bits per heavy atom. The van der Waals surface area contributed by atoms with Crippen LogP contribution in [-0.2, 0) is 0 Å². The lowest BCUT2D eigenvalue weighted by molar-refractivity contribution is 0.307. The van der Waals surface area contributed by atoms with Gasteiger partial charge in [0.15, 0.2) is 0 Å². The van der Waals surface area contributed by atoms with Crippen LogP contribution < -0.4 is 15.8 Å². The minimum Gasteiger partial charge on any atom is -0.491 e. The van der Waals surface area contributed by atoms with Crippen molar-refractivity contribution in [2.45, 2.75) is 58.4 Å². The molecule has 0 radical (unpaired) electrons. The average molecular weight is 278 g/mol. The van der Waals surface area contributed by atoms with Crippen LogP contribution in [0.1, 0.15) is 52.4 Å². The summed E-state index contributed by atoms with van der Waals surface area (Å²) in [5.74, 6) is 0.936. The van der Waals surface area contributed by atoms with Gasteiger partial charge in [0, 0.05) is 12.6 Å². The molecule has 0 aliphatic heterocycles. The number of ether oxygens (including phenoxy) is 1. The van der Waals surface area contributed by atoms with Gasteiger partial charge < -0.3 is 15.8 Å². The normalized spacial score (nSPS) is 12.2. The zero-order chi connectivity index (χ0) is 14.6. The van der Waals surface area contributed by atoms with Crippen molar-refractivity contribution in [2.75, 3.05) is 18.5 Å². The van der Waals surface area contributed by atoms with Gasteiger partial charge in [-0.05, 0) is 25.0 Å². The smallest absolute Gasteiger partial charge is 0.142 e. The molecule has 0 spiro atoms. The summed E-state index contributed by atoms with van der Waals surface area (Å²) in [6.45, 7) is 5.98.